The van der Waals surface area contributed by atoms with E-state index in [9.17, 15) is 21.6 Å². The molecular weight excluding hydrogens is 305 g/mol. The van der Waals surface area contributed by atoms with Crippen LogP contribution < -0.4 is 10.5 Å². The van der Waals surface area contributed by atoms with Gasteiger partial charge >= 0.3 is 0 Å². The number of halogens is 3. The van der Waals surface area contributed by atoms with Gasteiger partial charge in [-0.05, 0) is 30.7 Å². The number of rotatable bonds is 3. The number of nitrogens with one attached hydrogen (secondary N) is 1. The van der Waals surface area contributed by atoms with Crippen molar-refractivity contribution in [1.29, 1.82) is 0 Å². The molecule has 0 radical (unpaired) electrons. The summed E-state index contributed by atoms with van der Waals surface area (Å²) in [6, 6.07) is 5.07. The molecule has 4 nitrogen and oxygen atoms in total. The van der Waals surface area contributed by atoms with E-state index < -0.39 is 33.2 Å². The average molecular weight is 316 g/mol. The van der Waals surface area contributed by atoms with Crippen molar-refractivity contribution in [2.45, 2.75) is 11.8 Å². The zero-order chi connectivity index (χ0) is 15.8. The molecule has 0 aliphatic heterocycles. The van der Waals surface area contributed by atoms with Crippen LogP contribution in [0.15, 0.2) is 35.2 Å². The maximum atomic E-state index is 13.1. The van der Waals surface area contributed by atoms with Crippen molar-refractivity contribution in [1.82, 2.24) is 0 Å². The Kier molecular flexibility index (Phi) is 3.82. The Bertz CT molecular complexity index is 784. The van der Waals surface area contributed by atoms with E-state index in [1.54, 1.807) is 6.92 Å². The molecule has 0 saturated heterocycles. The smallest absolute Gasteiger partial charge is 0.261 e. The van der Waals surface area contributed by atoms with Crippen molar-refractivity contribution in [2.75, 3.05) is 10.5 Å². The van der Waals surface area contributed by atoms with Gasteiger partial charge in [0.15, 0.2) is 17.5 Å². The zero-order valence-corrected chi connectivity index (χ0v) is 11.6. The summed E-state index contributed by atoms with van der Waals surface area (Å²) in [5.41, 5.74) is 6.12. The van der Waals surface area contributed by atoms with Crippen LogP contribution in [0.5, 0.6) is 0 Å². The molecule has 0 unspecified atom stereocenters. The molecule has 3 N–H and O–H groups in total. The molecule has 8 heteroatoms. The number of aryl methyl sites for hydroxylation is 1. The number of benzene rings is 2. The van der Waals surface area contributed by atoms with Gasteiger partial charge in [-0.1, -0.05) is 0 Å². The second-order valence-corrected chi connectivity index (χ2v) is 6.06. The number of hydrogen-bond acceptors (Lipinski definition) is 3. The van der Waals surface area contributed by atoms with Gasteiger partial charge in [-0.15, -0.1) is 0 Å². The third-order valence-electron chi connectivity index (χ3n) is 2.79. The van der Waals surface area contributed by atoms with E-state index in [1.807, 2.05) is 4.72 Å². The van der Waals surface area contributed by atoms with Gasteiger partial charge in [-0.2, -0.15) is 0 Å². The molecule has 0 aromatic heterocycles. The van der Waals surface area contributed by atoms with E-state index in [4.69, 9.17) is 5.73 Å². The van der Waals surface area contributed by atoms with E-state index in [1.165, 1.54) is 18.2 Å². The van der Waals surface area contributed by atoms with Crippen LogP contribution in [-0.2, 0) is 10.0 Å². The summed E-state index contributed by atoms with van der Waals surface area (Å²) in [6.45, 7) is 1.62. The molecular formula is C13H11F3N2O2S. The lowest BCUT2D eigenvalue weighted by molar-refractivity contribution is 0.448. The van der Waals surface area contributed by atoms with Gasteiger partial charge in [0.25, 0.3) is 10.0 Å². The third kappa shape index (κ3) is 3.10. The van der Waals surface area contributed by atoms with E-state index >= 15 is 0 Å². The summed E-state index contributed by atoms with van der Waals surface area (Å²) < 4.78 is 65.1. The van der Waals surface area contributed by atoms with Gasteiger partial charge in [0.1, 0.15) is 0 Å². The molecule has 0 amide bonds. The van der Waals surface area contributed by atoms with Crippen LogP contribution in [0.2, 0.25) is 0 Å². The summed E-state index contributed by atoms with van der Waals surface area (Å²) in [4.78, 5) is -0.126. The lowest BCUT2D eigenvalue weighted by Crippen LogP contribution is -2.14. The number of nitrogens with two attached hydrogens (primary N) is 1. The summed E-state index contributed by atoms with van der Waals surface area (Å²) in [6.07, 6.45) is 0. The number of anilines is 2. The van der Waals surface area contributed by atoms with Gasteiger partial charge in [-0.3, -0.25) is 4.72 Å². The molecule has 2 rings (SSSR count). The first-order chi connectivity index (χ1) is 9.70. The van der Waals surface area contributed by atoms with Gasteiger partial charge in [0.2, 0.25) is 0 Å². The fraction of sp³-hybridized carbons (Fsp3) is 0.0769. The van der Waals surface area contributed by atoms with Gasteiger partial charge in [0.05, 0.1) is 10.6 Å². The lowest BCUT2D eigenvalue weighted by atomic mass is 10.2. The fourth-order valence-electron chi connectivity index (χ4n) is 1.64. The Morgan fingerprint density at radius 1 is 1.05 bits per heavy atom. The summed E-state index contributed by atoms with van der Waals surface area (Å²) in [7, 11) is -4.06. The molecule has 0 saturated carbocycles. The van der Waals surface area contributed by atoms with E-state index in [0.29, 0.717) is 23.4 Å². The van der Waals surface area contributed by atoms with Crippen molar-refractivity contribution in [3.05, 3.63) is 53.3 Å². The topological polar surface area (TPSA) is 72.2 Å². The molecule has 0 fully saturated rings. The van der Waals surface area contributed by atoms with E-state index in [0.717, 1.165) is 0 Å². The molecule has 2 aromatic rings. The largest absolute Gasteiger partial charge is 0.399 e. The van der Waals surface area contributed by atoms with Crippen molar-refractivity contribution >= 4 is 21.4 Å². The number of nitrogen functional groups attached to an aromatic ring is 1. The minimum absolute atomic E-state index is 0.126. The summed E-state index contributed by atoms with van der Waals surface area (Å²) in [5, 5.41) is 0. The Morgan fingerprint density at radius 2 is 1.62 bits per heavy atom. The Labute approximate surface area is 119 Å². The highest BCUT2D eigenvalue weighted by molar-refractivity contribution is 7.92. The molecule has 2 aromatic carbocycles. The van der Waals surface area contributed by atoms with E-state index in [-0.39, 0.29) is 4.90 Å². The first-order valence-electron chi connectivity index (χ1n) is 5.74. The predicted molar refractivity (Wildman–Crippen MR) is 72.7 cm³/mol. The van der Waals surface area contributed by atoms with Crippen LogP contribution in [0.3, 0.4) is 0 Å². The second-order valence-electron chi connectivity index (χ2n) is 4.38. The normalized spacial score (nSPS) is 11.4. The molecule has 0 heterocycles. The quantitative estimate of drug-likeness (QED) is 0.675. The summed E-state index contributed by atoms with van der Waals surface area (Å²) in [5.74, 6) is -4.64. The minimum atomic E-state index is -4.06. The van der Waals surface area contributed by atoms with Crippen LogP contribution in [0.1, 0.15) is 5.56 Å². The SMILES string of the molecule is Cc1cc(S(=O)(=O)Nc2cc(F)c(F)c(F)c2)ccc1N. The van der Waals surface area contributed by atoms with Crippen LogP contribution >= 0.6 is 0 Å². The van der Waals surface area contributed by atoms with Crippen molar-refractivity contribution < 1.29 is 21.6 Å². The van der Waals surface area contributed by atoms with Crippen LogP contribution in [0.4, 0.5) is 24.5 Å². The highest BCUT2D eigenvalue weighted by atomic mass is 32.2. The van der Waals surface area contributed by atoms with Crippen LogP contribution in [0.25, 0.3) is 0 Å². The van der Waals surface area contributed by atoms with Crippen molar-refractivity contribution in [3.63, 3.8) is 0 Å². The lowest BCUT2D eigenvalue weighted by Gasteiger charge is -2.10. The number of sulfonamides is 1. The molecule has 0 bridgehead atoms. The van der Waals surface area contributed by atoms with Crippen molar-refractivity contribution in [3.8, 4) is 0 Å². The first kappa shape index (κ1) is 15.2. The first-order valence-corrected chi connectivity index (χ1v) is 7.22. The minimum Gasteiger partial charge on any atom is -0.399 e. The zero-order valence-electron chi connectivity index (χ0n) is 10.8. The number of hydrogen-bond donors (Lipinski definition) is 2. The standard InChI is InChI=1S/C13H11F3N2O2S/c1-7-4-9(2-3-12(7)17)21(19,20)18-8-5-10(14)13(16)11(15)6-8/h2-6,18H,17H2,1H3. The Morgan fingerprint density at radius 3 is 2.14 bits per heavy atom. The average Bonchev–Trinajstić information content (AvgIpc) is 2.38. The maximum absolute atomic E-state index is 13.1. The maximum Gasteiger partial charge on any atom is 0.261 e. The molecule has 0 atom stereocenters. The van der Waals surface area contributed by atoms with Crippen molar-refractivity contribution in [2.24, 2.45) is 0 Å². The van der Waals surface area contributed by atoms with Gasteiger partial charge < -0.3 is 5.73 Å². The monoisotopic (exact) mass is 316 g/mol. The summed E-state index contributed by atoms with van der Waals surface area (Å²) >= 11 is 0. The van der Waals surface area contributed by atoms with Crippen LogP contribution in [0, 0.1) is 24.4 Å². The highest BCUT2D eigenvalue weighted by Crippen LogP contribution is 2.22. The highest BCUT2D eigenvalue weighted by Gasteiger charge is 2.18. The molecule has 0 aliphatic carbocycles. The van der Waals surface area contributed by atoms with Gasteiger partial charge in [-0.25, -0.2) is 21.6 Å². The molecule has 0 spiro atoms. The van der Waals surface area contributed by atoms with E-state index in [2.05, 4.69) is 0 Å². The predicted octanol–water partition coefficient (Wildman–Crippen LogP) is 2.80. The second kappa shape index (κ2) is 5.28. The van der Waals surface area contributed by atoms with Gasteiger partial charge in [0, 0.05) is 17.8 Å². The third-order valence-corrected chi connectivity index (χ3v) is 4.17. The molecule has 112 valence electrons. The Balaban J connectivity index is 2.39. The molecule has 0 aliphatic rings. The van der Waals surface area contributed by atoms with Crippen LogP contribution in [-0.4, -0.2) is 8.42 Å². The fourth-order valence-corrected chi connectivity index (χ4v) is 2.77. The molecule has 21 heavy (non-hydrogen) atoms. The Hall–Kier alpha value is -2.22.